The lowest BCUT2D eigenvalue weighted by atomic mass is 10.2. The van der Waals surface area contributed by atoms with Gasteiger partial charge in [-0.05, 0) is 42.5 Å². The van der Waals surface area contributed by atoms with E-state index in [9.17, 15) is 18.0 Å². The number of halogens is 3. The molecule has 1 amide bonds. The van der Waals surface area contributed by atoms with E-state index in [1.807, 2.05) is 27.9 Å². The van der Waals surface area contributed by atoms with E-state index in [0.29, 0.717) is 6.54 Å². The van der Waals surface area contributed by atoms with E-state index in [-0.39, 0.29) is 5.91 Å². The van der Waals surface area contributed by atoms with Gasteiger partial charge in [-0.15, -0.1) is 11.3 Å². The third kappa shape index (κ3) is 4.94. The standard InChI is InChI=1S/C17H17N3OS.C2HF3O2/c1-12-7-16(22-11-12)13-8-15-14(18-9-13)3-6-20(15)10-17(21)19-4-2-5-19;3-2(4,5)1(6)7/h3,6-9,11H,2,4-5,10H2,1H3;(H,6,7). The maximum Gasteiger partial charge on any atom is 0.490 e. The van der Waals surface area contributed by atoms with Crippen molar-refractivity contribution in [3.05, 3.63) is 41.5 Å². The van der Waals surface area contributed by atoms with Gasteiger partial charge in [0, 0.05) is 35.9 Å². The highest BCUT2D eigenvalue weighted by Gasteiger charge is 2.38. The second-order valence-corrected chi connectivity index (χ2v) is 7.51. The average molecular weight is 425 g/mol. The van der Waals surface area contributed by atoms with Crippen molar-refractivity contribution in [3.63, 3.8) is 0 Å². The van der Waals surface area contributed by atoms with E-state index < -0.39 is 12.1 Å². The number of hydrogen-bond acceptors (Lipinski definition) is 4. The Labute approximate surface area is 168 Å². The zero-order valence-corrected chi connectivity index (χ0v) is 16.3. The molecule has 0 atom stereocenters. The molecule has 4 rings (SSSR count). The summed E-state index contributed by atoms with van der Waals surface area (Å²) in [6, 6.07) is 6.28. The number of carboxylic acid groups (broad SMARTS) is 1. The first kappa shape index (κ1) is 20.8. The van der Waals surface area contributed by atoms with Crippen LogP contribution in [0.5, 0.6) is 0 Å². The topological polar surface area (TPSA) is 75.4 Å². The SMILES string of the molecule is Cc1csc(-c2cnc3ccn(CC(=O)N4CCC4)c3c2)c1.O=C(O)C(F)(F)F. The van der Waals surface area contributed by atoms with Crippen LogP contribution in [0.3, 0.4) is 0 Å². The summed E-state index contributed by atoms with van der Waals surface area (Å²) in [6.45, 7) is 4.30. The van der Waals surface area contributed by atoms with Gasteiger partial charge in [-0.1, -0.05) is 0 Å². The van der Waals surface area contributed by atoms with Gasteiger partial charge in [-0.3, -0.25) is 9.78 Å². The van der Waals surface area contributed by atoms with Gasteiger partial charge < -0.3 is 14.6 Å². The normalized spacial score (nSPS) is 13.6. The number of fused-ring (bicyclic) bond motifs is 1. The summed E-state index contributed by atoms with van der Waals surface area (Å²) >= 11 is 1.73. The molecule has 1 aliphatic rings. The minimum atomic E-state index is -5.08. The molecule has 1 fully saturated rings. The Morgan fingerprint density at radius 3 is 2.48 bits per heavy atom. The van der Waals surface area contributed by atoms with Crippen molar-refractivity contribution in [1.82, 2.24) is 14.5 Å². The van der Waals surface area contributed by atoms with Crippen LogP contribution in [0, 0.1) is 6.92 Å². The van der Waals surface area contributed by atoms with Crippen LogP contribution in [-0.4, -0.2) is 50.7 Å². The van der Waals surface area contributed by atoms with E-state index in [1.54, 1.807) is 11.3 Å². The first-order chi connectivity index (χ1) is 13.6. The third-order valence-electron chi connectivity index (χ3n) is 4.39. The van der Waals surface area contributed by atoms with E-state index in [2.05, 4.69) is 29.4 Å². The van der Waals surface area contributed by atoms with Crippen LogP contribution < -0.4 is 0 Å². The van der Waals surface area contributed by atoms with Gasteiger partial charge in [0.1, 0.15) is 6.54 Å². The number of aryl methyl sites for hydroxylation is 1. The van der Waals surface area contributed by atoms with E-state index in [0.717, 1.165) is 36.1 Å². The largest absolute Gasteiger partial charge is 0.490 e. The molecule has 0 aliphatic carbocycles. The molecule has 0 spiro atoms. The molecule has 0 saturated carbocycles. The van der Waals surface area contributed by atoms with Crippen LogP contribution in [0.1, 0.15) is 12.0 Å². The number of likely N-dealkylation sites (tertiary alicyclic amines) is 1. The summed E-state index contributed by atoms with van der Waals surface area (Å²) in [5.74, 6) is -2.56. The smallest absolute Gasteiger partial charge is 0.475 e. The summed E-state index contributed by atoms with van der Waals surface area (Å²) < 4.78 is 33.7. The zero-order chi connectivity index (χ0) is 21.2. The number of carbonyl (C=O) groups is 2. The van der Waals surface area contributed by atoms with Crippen LogP contribution >= 0.6 is 11.3 Å². The summed E-state index contributed by atoms with van der Waals surface area (Å²) in [6.07, 6.45) is -0.0877. The van der Waals surface area contributed by atoms with Gasteiger partial charge in [-0.25, -0.2) is 4.79 Å². The minimum absolute atomic E-state index is 0.195. The highest BCUT2D eigenvalue weighted by molar-refractivity contribution is 7.13. The molecule has 3 aromatic rings. The van der Waals surface area contributed by atoms with Gasteiger partial charge in [0.25, 0.3) is 0 Å². The quantitative estimate of drug-likeness (QED) is 0.690. The number of alkyl halides is 3. The lowest BCUT2D eigenvalue weighted by Gasteiger charge is -2.31. The average Bonchev–Trinajstić information content (AvgIpc) is 3.19. The number of pyridine rings is 1. The number of rotatable bonds is 3. The first-order valence-electron chi connectivity index (χ1n) is 8.73. The van der Waals surface area contributed by atoms with E-state index in [4.69, 9.17) is 9.90 Å². The van der Waals surface area contributed by atoms with Crippen LogP contribution in [-0.2, 0) is 16.1 Å². The van der Waals surface area contributed by atoms with Crippen LogP contribution in [0.15, 0.2) is 36.0 Å². The molecule has 1 N–H and O–H groups in total. The lowest BCUT2D eigenvalue weighted by molar-refractivity contribution is -0.192. The van der Waals surface area contributed by atoms with Crippen molar-refractivity contribution in [1.29, 1.82) is 0 Å². The van der Waals surface area contributed by atoms with Gasteiger partial charge in [0.15, 0.2) is 0 Å². The summed E-state index contributed by atoms with van der Waals surface area (Å²) in [5, 5.41) is 9.27. The maximum absolute atomic E-state index is 12.2. The third-order valence-corrected chi connectivity index (χ3v) is 5.49. The molecule has 3 aromatic heterocycles. The Morgan fingerprint density at radius 2 is 1.97 bits per heavy atom. The molecule has 0 radical (unpaired) electrons. The summed E-state index contributed by atoms with van der Waals surface area (Å²) in [7, 11) is 0. The van der Waals surface area contributed by atoms with Gasteiger partial charge in [-0.2, -0.15) is 13.2 Å². The number of amides is 1. The van der Waals surface area contributed by atoms with Gasteiger partial charge in [0.2, 0.25) is 5.91 Å². The molecule has 0 aromatic carbocycles. The van der Waals surface area contributed by atoms with Crippen LogP contribution in [0.2, 0.25) is 0 Å². The fraction of sp³-hybridized carbons (Fsp3) is 0.316. The predicted molar refractivity (Wildman–Crippen MR) is 103 cm³/mol. The second-order valence-electron chi connectivity index (χ2n) is 6.60. The zero-order valence-electron chi connectivity index (χ0n) is 15.4. The fourth-order valence-electron chi connectivity index (χ4n) is 2.73. The Balaban J connectivity index is 0.000000298. The molecule has 1 saturated heterocycles. The maximum atomic E-state index is 12.2. The molecule has 0 bridgehead atoms. The van der Waals surface area contributed by atoms with E-state index in [1.165, 1.54) is 10.4 Å². The van der Waals surface area contributed by atoms with Gasteiger partial charge in [0.05, 0.1) is 11.0 Å². The molecule has 10 heteroatoms. The molecular weight excluding hydrogens is 407 g/mol. The van der Waals surface area contributed by atoms with Crippen molar-refractivity contribution < 1.29 is 27.9 Å². The number of carbonyl (C=O) groups excluding carboxylic acids is 1. The van der Waals surface area contributed by atoms with Gasteiger partial charge >= 0.3 is 12.1 Å². The van der Waals surface area contributed by atoms with Crippen molar-refractivity contribution in [3.8, 4) is 10.4 Å². The highest BCUT2D eigenvalue weighted by atomic mass is 32.1. The van der Waals surface area contributed by atoms with Crippen LogP contribution in [0.4, 0.5) is 13.2 Å². The Bertz CT molecular complexity index is 1040. The Hall–Kier alpha value is -2.88. The predicted octanol–water partition coefficient (Wildman–Crippen LogP) is 3.94. The molecule has 29 heavy (non-hydrogen) atoms. The molecule has 154 valence electrons. The van der Waals surface area contributed by atoms with Crippen LogP contribution in [0.25, 0.3) is 21.5 Å². The minimum Gasteiger partial charge on any atom is -0.475 e. The molecule has 6 nitrogen and oxygen atoms in total. The number of carboxylic acids is 1. The van der Waals surface area contributed by atoms with E-state index >= 15 is 0 Å². The monoisotopic (exact) mass is 425 g/mol. The number of hydrogen-bond donors (Lipinski definition) is 1. The molecular formula is C19H18F3N3O3S. The Kier molecular flexibility index (Phi) is 5.92. The van der Waals surface area contributed by atoms with Crippen molar-refractivity contribution in [2.45, 2.75) is 26.1 Å². The molecule has 1 aliphatic heterocycles. The summed E-state index contributed by atoms with van der Waals surface area (Å²) in [4.78, 5) is 28.7. The number of aliphatic carboxylic acids is 1. The summed E-state index contributed by atoms with van der Waals surface area (Å²) in [5.41, 5.74) is 4.34. The Morgan fingerprint density at radius 1 is 1.28 bits per heavy atom. The van der Waals surface area contributed by atoms with Crippen molar-refractivity contribution in [2.75, 3.05) is 13.1 Å². The van der Waals surface area contributed by atoms with Crippen molar-refractivity contribution >= 4 is 34.2 Å². The number of nitrogens with zero attached hydrogens (tertiary/aromatic N) is 3. The number of thiophene rings is 1. The molecule has 4 heterocycles. The molecule has 0 unspecified atom stereocenters. The second kappa shape index (κ2) is 8.24. The van der Waals surface area contributed by atoms with Crippen molar-refractivity contribution in [2.24, 2.45) is 0 Å². The highest BCUT2D eigenvalue weighted by Crippen LogP contribution is 2.29. The number of aromatic nitrogens is 2. The first-order valence-corrected chi connectivity index (χ1v) is 9.61. The fourth-order valence-corrected chi connectivity index (χ4v) is 3.61. The lowest BCUT2D eigenvalue weighted by Crippen LogP contribution is -2.43.